The first-order valence-corrected chi connectivity index (χ1v) is 6.91. The molecule has 0 fully saturated rings. The minimum atomic E-state index is 0.293. The molecule has 0 spiro atoms. The summed E-state index contributed by atoms with van der Waals surface area (Å²) in [4.78, 5) is 10.5. The van der Waals surface area contributed by atoms with Gasteiger partial charge in [-0.05, 0) is 34.9 Å². The molecule has 0 aliphatic rings. The van der Waals surface area contributed by atoms with Gasteiger partial charge in [-0.2, -0.15) is 0 Å². The maximum absolute atomic E-state index is 10.5. The van der Waals surface area contributed by atoms with E-state index in [1.54, 1.807) is 18.2 Å². The number of aldehydes is 1. The van der Waals surface area contributed by atoms with Gasteiger partial charge in [-0.25, -0.2) is 0 Å². The summed E-state index contributed by atoms with van der Waals surface area (Å²) < 4.78 is 0. The van der Waals surface area contributed by atoms with Crippen LogP contribution in [0.3, 0.4) is 0 Å². The van der Waals surface area contributed by atoms with Crippen LogP contribution in [-0.2, 0) is 11.2 Å². The normalized spacial score (nSPS) is 10.5. The van der Waals surface area contributed by atoms with E-state index in [0.717, 1.165) is 23.0 Å². The monoisotopic (exact) mass is 332 g/mol. The largest absolute Gasteiger partial charge is 0.303 e. The Morgan fingerprint density at radius 3 is 1.95 bits per heavy atom. The molecule has 5 heteroatoms. The van der Waals surface area contributed by atoms with Gasteiger partial charge in [-0.3, -0.25) is 0 Å². The molecule has 1 nitrogen and oxygen atoms in total. The van der Waals surface area contributed by atoms with E-state index >= 15 is 0 Å². The summed E-state index contributed by atoms with van der Waals surface area (Å²) in [5, 5.41) is 1.64. The summed E-state index contributed by atoms with van der Waals surface area (Å²) in [6, 6.07) is 8.89. The van der Waals surface area contributed by atoms with Crippen LogP contribution >= 0.6 is 46.4 Å². The van der Waals surface area contributed by atoms with E-state index in [-0.39, 0.29) is 0 Å². The van der Waals surface area contributed by atoms with Crippen molar-refractivity contribution in [3.05, 3.63) is 56.0 Å². The fraction of sp³-hybridized carbons (Fsp3) is 0.0714. The van der Waals surface area contributed by atoms with Crippen molar-refractivity contribution in [3.8, 4) is 11.1 Å². The quantitative estimate of drug-likeness (QED) is 0.519. The standard InChI is InChI=1S/C14H8Cl4O/c15-11-5-9(2-1-8(11)3-4-19)10-6-12(16)14(18)13(17)7-10/h1-2,4-7H,3H2. The SMILES string of the molecule is O=CCc1ccc(-c2cc(Cl)c(Cl)c(Cl)c2)cc1Cl. The molecular formula is C14H8Cl4O. The van der Waals surface area contributed by atoms with Gasteiger partial charge < -0.3 is 4.79 Å². The van der Waals surface area contributed by atoms with Crippen molar-refractivity contribution in [1.82, 2.24) is 0 Å². The van der Waals surface area contributed by atoms with E-state index in [9.17, 15) is 4.79 Å². The molecule has 0 saturated carbocycles. The number of halogens is 4. The molecule has 0 saturated heterocycles. The van der Waals surface area contributed by atoms with Crippen LogP contribution in [-0.4, -0.2) is 6.29 Å². The first-order chi connectivity index (χ1) is 9.02. The molecule has 0 aliphatic heterocycles. The summed E-state index contributed by atoms with van der Waals surface area (Å²) in [7, 11) is 0. The van der Waals surface area contributed by atoms with Gasteiger partial charge in [0.05, 0.1) is 15.1 Å². The third-order valence-electron chi connectivity index (χ3n) is 2.67. The fourth-order valence-electron chi connectivity index (χ4n) is 1.70. The van der Waals surface area contributed by atoms with Gasteiger partial charge in [0.1, 0.15) is 6.29 Å². The van der Waals surface area contributed by atoms with Gasteiger partial charge in [0.25, 0.3) is 0 Å². The van der Waals surface area contributed by atoms with E-state index in [0.29, 0.717) is 26.5 Å². The molecule has 0 N–H and O–H groups in total. The molecular weight excluding hydrogens is 326 g/mol. The molecule has 19 heavy (non-hydrogen) atoms. The van der Waals surface area contributed by atoms with Crippen molar-refractivity contribution >= 4 is 52.7 Å². The summed E-state index contributed by atoms with van der Waals surface area (Å²) in [5.41, 5.74) is 2.46. The summed E-state index contributed by atoms with van der Waals surface area (Å²) >= 11 is 24.0. The maximum Gasteiger partial charge on any atom is 0.124 e. The topological polar surface area (TPSA) is 17.1 Å². The van der Waals surface area contributed by atoms with Crippen LogP contribution in [0.2, 0.25) is 20.1 Å². The Balaban J connectivity index is 2.48. The summed E-state index contributed by atoms with van der Waals surface area (Å²) in [6.07, 6.45) is 1.11. The highest BCUT2D eigenvalue weighted by Gasteiger charge is 2.09. The Kier molecular flexibility index (Phi) is 4.75. The van der Waals surface area contributed by atoms with Gasteiger partial charge in [0, 0.05) is 11.4 Å². The van der Waals surface area contributed by atoms with Crippen LogP contribution in [0.15, 0.2) is 30.3 Å². The molecule has 0 bridgehead atoms. The Labute approximate surface area is 131 Å². The zero-order valence-electron chi connectivity index (χ0n) is 9.59. The average Bonchev–Trinajstić information content (AvgIpc) is 2.38. The number of benzene rings is 2. The Morgan fingerprint density at radius 1 is 0.842 bits per heavy atom. The summed E-state index contributed by atoms with van der Waals surface area (Å²) in [5.74, 6) is 0. The molecule has 98 valence electrons. The van der Waals surface area contributed by atoms with E-state index < -0.39 is 0 Å². The van der Waals surface area contributed by atoms with Crippen molar-refractivity contribution in [2.24, 2.45) is 0 Å². The molecule has 0 amide bonds. The predicted molar refractivity (Wildman–Crippen MR) is 81.7 cm³/mol. The Bertz CT molecular complexity index is 614. The molecule has 2 aromatic rings. The van der Waals surface area contributed by atoms with Crippen LogP contribution in [0.5, 0.6) is 0 Å². The maximum atomic E-state index is 10.5. The van der Waals surface area contributed by atoms with Crippen molar-refractivity contribution in [1.29, 1.82) is 0 Å². The van der Waals surface area contributed by atoms with Gasteiger partial charge >= 0.3 is 0 Å². The van der Waals surface area contributed by atoms with Crippen LogP contribution in [0.4, 0.5) is 0 Å². The first kappa shape index (κ1) is 14.7. The number of hydrogen-bond donors (Lipinski definition) is 0. The zero-order chi connectivity index (χ0) is 14.0. The smallest absolute Gasteiger partial charge is 0.124 e. The highest BCUT2D eigenvalue weighted by atomic mass is 35.5. The second-order valence-corrected chi connectivity index (χ2v) is 5.53. The number of hydrogen-bond acceptors (Lipinski definition) is 1. The van der Waals surface area contributed by atoms with Crippen LogP contribution in [0.25, 0.3) is 11.1 Å². The van der Waals surface area contributed by atoms with Crippen molar-refractivity contribution in [2.45, 2.75) is 6.42 Å². The Morgan fingerprint density at radius 2 is 1.42 bits per heavy atom. The minimum absolute atomic E-state index is 0.293. The highest BCUT2D eigenvalue weighted by molar-refractivity contribution is 6.48. The van der Waals surface area contributed by atoms with E-state index in [4.69, 9.17) is 46.4 Å². The Hall–Kier alpha value is -0.730. The highest BCUT2D eigenvalue weighted by Crippen LogP contribution is 2.36. The van der Waals surface area contributed by atoms with Gasteiger partial charge in [0.2, 0.25) is 0 Å². The number of rotatable bonds is 3. The molecule has 0 unspecified atom stereocenters. The van der Waals surface area contributed by atoms with Crippen LogP contribution in [0.1, 0.15) is 5.56 Å². The lowest BCUT2D eigenvalue weighted by atomic mass is 10.0. The van der Waals surface area contributed by atoms with Crippen LogP contribution in [0, 0.1) is 0 Å². The molecule has 2 aromatic carbocycles. The van der Waals surface area contributed by atoms with E-state index in [1.165, 1.54) is 0 Å². The molecule has 0 heterocycles. The van der Waals surface area contributed by atoms with Crippen molar-refractivity contribution < 1.29 is 4.79 Å². The van der Waals surface area contributed by atoms with Crippen molar-refractivity contribution in [3.63, 3.8) is 0 Å². The molecule has 0 radical (unpaired) electrons. The summed E-state index contributed by atoms with van der Waals surface area (Å²) in [6.45, 7) is 0. The molecule has 2 rings (SSSR count). The van der Waals surface area contributed by atoms with Gasteiger partial charge in [-0.15, -0.1) is 0 Å². The lowest BCUT2D eigenvalue weighted by Gasteiger charge is -2.08. The number of carbonyl (C=O) groups is 1. The minimum Gasteiger partial charge on any atom is -0.303 e. The third kappa shape index (κ3) is 3.24. The molecule has 0 atom stereocenters. The second kappa shape index (κ2) is 6.15. The first-order valence-electron chi connectivity index (χ1n) is 5.40. The van der Waals surface area contributed by atoms with Gasteiger partial charge in [-0.1, -0.05) is 58.5 Å². The zero-order valence-corrected chi connectivity index (χ0v) is 12.6. The predicted octanol–water partition coefficient (Wildman–Crippen LogP) is 5.71. The molecule has 0 aromatic heterocycles. The fourth-order valence-corrected chi connectivity index (χ4v) is 2.56. The van der Waals surface area contributed by atoms with Crippen molar-refractivity contribution in [2.75, 3.05) is 0 Å². The number of carbonyl (C=O) groups excluding carboxylic acids is 1. The lowest BCUT2D eigenvalue weighted by molar-refractivity contribution is -0.107. The van der Waals surface area contributed by atoms with Gasteiger partial charge in [0.15, 0.2) is 0 Å². The third-order valence-corrected chi connectivity index (χ3v) is 4.22. The van der Waals surface area contributed by atoms with Crippen LogP contribution < -0.4 is 0 Å². The second-order valence-electron chi connectivity index (χ2n) is 3.93. The van der Waals surface area contributed by atoms with E-state index in [2.05, 4.69) is 0 Å². The lowest BCUT2D eigenvalue weighted by Crippen LogP contribution is -1.88. The van der Waals surface area contributed by atoms with E-state index in [1.807, 2.05) is 12.1 Å². The average molecular weight is 334 g/mol. The molecule has 0 aliphatic carbocycles.